The number of β-amino-alcohol motifs (C(OH)–C–C–N with tert-alkyl or cyclic N) is 1. The molecule has 2 aromatic rings. The van der Waals surface area contributed by atoms with Crippen LogP contribution in [0.1, 0.15) is 57.7 Å². The van der Waals surface area contributed by atoms with Gasteiger partial charge in [-0.15, -0.1) is 5.10 Å². The smallest absolute Gasteiger partial charge is 0.347 e. The van der Waals surface area contributed by atoms with E-state index in [2.05, 4.69) is 20.6 Å². The normalized spacial score (nSPS) is 21.8. The molecule has 0 radical (unpaired) electrons. The van der Waals surface area contributed by atoms with E-state index in [0.717, 1.165) is 18.5 Å². The molecule has 3 heterocycles. The van der Waals surface area contributed by atoms with Crippen LogP contribution in [0.15, 0.2) is 29.5 Å². The van der Waals surface area contributed by atoms with Gasteiger partial charge in [-0.05, 0) is 24.3 Å². The topological polar surface area (TPSA) is 135 Å². The van der Waals surface area contributed by atoms with E-state index >= 15 is 0 Å². The van der Waals surface area contributed by atoms with E-state index in [9.17, 15) is 19.5 Å². The second-order valence-electron chi connectivity index (χ2n) is 9.95. The Morgan fingerprint density at radius 2 is 2.06 bits per heavy atom. The third-order valence-corrected chi connectivity index (χ3v) is 6.14. The SMILES string of the molecule is CC(C)(C)[C@@H](C(=O)N1CC(O)CC1C(=O)NCCn1cccnc1=O)n1cc(C2CC2)nn1. The summed E-state index contributed by atoms with van der Waals surface area (Å²) in [6.45, 7) is 6.38. The number of carbonyl (C=O) groups excluding carboxylic acids is 2. The van der Waals surface area contributed by atoms with Crippen molar-refractivity contribution < 1.29 is 14.7 Å². The average Bonchev–Trinajstić information content (AvgIpc) is 3.36. The summed E-state index contributed by atoms with van der Waals surface area (Å²) in [7, 11) is 0. The molecule has 0 aromatic carbocycles. The molecule has 0 bridgehead atoms. The number of nitrogens with one attached hydrogen (secondary N) is 1. The van der Waals surface area contributed by atoms with Gasteiger partial charge in [-0.2, -0.15) is 0 Å². The molecule has 2 fully saturated rings. The number of likely N-dealkylation sites (tertiary alicyclic amines) is 1. The standard InChI is InChI=1S/C22H31N7O4/c1-22(2,3)18(29-13-16(25-26-29)14-5-6-14)20(32)28-12-15(30)11-17(28)19(31)23-8-10-27-9-4-7-24-21(27)33/h4,7,9,13-15,17-18,30H,5-6,8,10-12H2,1-3H3,(H,23,31)/t15?,17?,18-/m1/s1. The lowest BCUT2D eigenvalue weighted by molar-refractivity contribution is -0.144. The largest absolute Gasteiger partial charge is 0.391 e. The molecular formula is C22H31N7O4. The minimum absolute atomic E-state index is 0.0791. The summed E-state index contributed by atoms with van der Waals surface area (Å²) in [5.41, 5.74) is 0.00599. The fraction of sp³-hybridized carbons (Fsp3) is 0.636. The molecule has 11 nitrogen and oxygen atoms in total. The van der Waals surface area contributed by atoms with Crippen molar-refractivity contribution in [3.63, 3.8) is 0 Å². The molecule has 1 saturated carbocycles. The number of aliphatic hydroxyl groups is 1. The van der Waals surface area contributed by atoms with Gasteiger partial charge in [-0.1, -0.05) is 26.0 Å². The maximum absolute atomic E-state index is 13.7. The van der Waals surface area contributed by atoms with Crippen LogP contribution in [-0.2, 0) is 16.1 Å². The lowest BCUT2D eigenvalue weighted by atomic mass is 9.85. The zero-order valence-corrected chi connectivity index (χ0v) is 19.2. The second-order valence-corrected chi connectivity index (χ2v) is 9.95. The third kappa shape index (κ3) is 5.13. The highest BCUT2D eigenvalue weighted by molar-refractivity contribution is 5.90. The number of hydrogen-bond acceptors (Lipinski definition) is 7. The van der Waals surface area contributed by atoms with Crippen molar-refractivity contribution in [2.75, 3.05) is 13.1 Å². The molecule has 33 heavy (non-hydrogen) atoms. The van der Waals surface area contributed by atoms with Gasteiger partial charge in [0.05, 0.1) is 11.8 Å². The van der Waals surface area contributed by atoms with Gasteiger partial charge in [0.1, 0.15) is 12.1 Å². The predicted octanol–water partition coefficient (Wildman–Crippen LogP) is 0.0776. The molecule has 1 aliphatic carbocycles. The van der Waals surface area contributed by atoms with Crippen LogP contribution in [-0.4, -0.2) is 71.6 Å². The molecule has 4 rings (SSSR count). The summed E-state index contributed by atoms with van der Waals surface area (Å²) >= 11 is 0. The van der Waals surface area contributed by atoms with Crippen LogP contribution in [0.5, 0.6) is 0 Å². The van der Waals surface area contributed by atoms with Crippen LogP contribution in [0.2, 0.25) is 0 Å². The Labute approximate surface area is 191 Å². The molecular weight excluding hydrogens is 426 g/mol. The summed E-state index contributed by atoms with van der Waals surface area (Å²) in [6, 6.07) is 0.184. The number of nitrogens with zero attached hydrogens (tertiary/aromatic N) is 6. The second kappa shape index (κ2) is 9.05. The van der Waals surface area contributed by atoms with E-state index in [1.165, 1.54) is 15.7 Å². The van der Waals surface area contributed by atoms with Gasteiger partial charge in [0, 0.05) is 50.6 Å². The first-order chi connectivity index (χ1) is 15.6. The Balaban J connectivity index is 1.47. The van der Waals surface area contributed by atoms with Crippen molar-refractivity contribution in [1.82, 2.24) is 34.8 Å². The number of aliphatic hydroxyl groups excluding tert-OH is 1. The van der Waals surface area contributed by atoms with E-state index in [1.54, 1.807) is 16.9 Å². The van der Waals surface area contributed by atoms with Gasteiger partial charge in [0.25, 0.3) is 0 Å². The number of rotatable bonds is 7. The molecule has 2 amide bonds. The van der Waals surface area contributed by atoms with Crippen molar-refractivity contribution in [2.24, 2.45) is 5.41 Å². The molecule has 1 saturated heterocycles. The molecule has 2 aliphatic rings. The first-order valence-electron chi connectivity index (χ1n) is 11.3. The fourth-order valence-corrected chi connectivity index (χ4v) is 4.30. The quantitative estimate of drug-likeness (QED) is 0.601. The van der Waals surface area contributed by atoms with Crippen molar-refractivity contribution in [3.05, 3.63) is 40.8 Å². The number of aromatic nitrogens is 5. The minimum Gasteiger partial charge on any atom is -0.391 e. The summed E-state index contributed by atoms with van der Waals surface area (Å²) in [5, 5.41) is 21.6. The van der Waals surface area contributed by atoms with Crippen molar-refractivity contribution in [1.29, 1.82) is 0 Å². The molecule has 3 atom stereocenters. The maximum atomic E-state index is 13.7. The Kier molecular flexibility index (Phi) is 6.33. The van der Waals surface area contributed by atoms with Gasteiger partial charge in [0.15, 0.2) is 0 Å². The number of carbonyl (C=O) groups is 2. The number of amides is 2. The van der Waals surface area contributed by atoms with Crippen LogP contribution >= 0.6 is 0 Å². The Bertz CT molecular complexity index is 1070. The fourth-order valence-electron chi connectivity index (χ4n) is 4.30. The molecule has 178 valence electrons. The van der Waals surface area contributed by atoms with Gasteiger partial charge < -0.3 is 15.3 Å². The van der Waals surface area contributed by atoms with Crippen LogP contribution in [0, 0.1) is 5.41 Å². The zero-order chi connectivity index (χ0) is 23.8. The van der Waals surface area contributed by atoms with Crippen molar-refractivity contribution in [3.8, 4) is 0 Å². The minimum atomic E-state index is -0.797. The highest BCUT2D eigenvalue weighted by Crippen LogP contribution is 2.40. The van der Waals surface area contributed by atoms with Crippen molar-refractivity contribution in [2.45, 2.75) is 70.7 Å². The maximum Gasteiger partial charge on any atom is 0.347 e. The number of hydrogen-bond donors (Lipinski definition) is 2. The van der Waals surface area contributed by atoms with Gasteiger partial charge in [-0.25, -0.2) is 14.5 Å². The first-order valence-corrected chi connectivity index (χ1v) is 11.3. The summed E-state index contributed by atoms with van der Waals surface area (Å²) in [5.74, 6) is -0.217. The van der Waals surface area contributed by atoms with Crippen LogP contribution in [0.3, 0.4) is 0 Å². The summed E-state index contributed by atoms with van der Waals surface area (Å²) in [4.78, 5) is 43.5. The van der Waals surface area contributed by atoms with Crippen LogP contribution in [0.25, 0.3) is 0 Å². The highest BCUT2D eigenvalue weighted by atomic mass is 16.3. The van der Waals surface area contributed by atoms with E-state index in [4.69, 9.17) is 0 Å². The predicted molar refractivity (Wildman–Crippen MR) is 118 cm³/mol. The van der Waals surface area contributed by atoms with E-state index in [1.807, 2.05) is 27.0 Å². The molecule has 2 N–H and O–H groups in total. The lowest BCUT2D eigenvalue weighted by Gasteiger charge is -2.34. The molecule has 1 aliphatic heterocycles. The van der Waals surface area contributed by atoms with E-state index < -0.39 is 29.3 Å². The van der Waals surface area contributed by atoms with Gasteiger partial charge in [-0.3, -0.25) is 14.2 Å². The van der Waals surface area contributed by atoms with E-state index in [0.29, 0.717) is 5.92 Å². The van der Waals surface area contributed by atoms with E-state index in [-0.39, 0.29) is 37.9 Å². The molecule has 2 aromatic heterocycles. The molecule has 11 heteroatoms. The monoisotopic (exact) mass is 457 g/mol. The summed E-state index contributed by atoms with van der Waals surface area (Å²) < 4.78 is 3.00. The Hall–Kier alpha value is -3.08. The molecule has 0 spiro atoms. The van der Waals surface area contributed by atoms with Crippen LogP contribution in [0.4, 0.5) is 0 Å². The van der Waals surface area contributed by atoms with Gasteiger partial charge >= 0.3 is 5.69 Å². The lowest BCUT2D eigenvalue weighted by Crippen LogP contribution is -2.50. The summed E-state index contributed by atoms with van der Waals surface area (Å²) in [6.07, 6.45) is 6.37. The first kappa shape index (κ1) is 23.1. The average molecular weight is 458 g/mol. The Morgan fingerprint density at radius 1 is 1.30 bits per heavy atom. The molecule has 2 unspecified atom stereocenters. The van der Waals surface area contributed by atoms with Crippen molar-refractivity contribution >= 4 is 11.8 Å². The zero-order valence-electron chi connectivity index (χ0n) is 19.2. The third-order valence-electron chi connectivity index (χ3n) is 6.14. The van der Waals surface area contributed by atoms with Gasteiger partial charge in [0.2, 0.25) is 11.8 Å². The highest BCUT2D eigenvalue weighted by Gasteiger charge is 2.45. The Morgan fingerprint density at radius 3 is 2.73 bits per heavy atom. The van der Waals surface area contributed by atoms with Crippen LogP contribution < -0.4 is 11.0 Å².